The van der Waals surface area contributed by atoms with Gasteiger partial charge in [-0.15, -0.1) is 0 Å². The van der Waals surface area contributed by atoms with Crippen LogP contribution < -0.4 is 11.5 Å². The van der Waals surface area contributed by atoms with Crippen LogP contribution in [0.4, 0.5) is 0 Å². The van der Waals surface area contributed by atoms with E-state index < -0.39 is 0 Å². The van der Waals surface area contributed by atoms with E-state index in [1.54, 1.807) is 0 Å². The average molecular weight is 153 g/mol. The number of nitrogens with zero attached hydrogens (tertiary/aromatic N) is 1. The van der Waals surface area contributed by atoms with Crippen molar-refractivity contribution >= 4 is 0 Å². The Morgan fingerprint density at radius 2 is 2.09 bits per heavy atom. The fourth-order valence-corrected chi connectivity index (χ4v) is 1.09. The van der Waals surface area contributed by atoms with Gasteiger partial charge in [-0.3, -0.25) is 0 Å². The SMILES string of the molecule is CC(N)C(N)c1cccn1C. The highest BCUT2D eigenvalue weighted by Gasteiger charge is 2.12. The van der Waals surface area contributed by atoms with E-state index in [0.717, 1.165) is 5.69 Å². The van der Waals surface area contributed by atoms with Gasteiger partial charge in [-0.05, 0) is 19.1 Å². The van der Waals surface area contributed by atoms with Crippen LogP contribution in [0.15, 0.2) is 18.3 Å². The molecule has 0 amide bonds. The van der Waals surface area contributed by atoms with Crippen LogP contribution in [0.5, 0.6) is 0 Å². The van der Waals surface area contributed by atoms with Gasteiger partial charge in [0.1, 0.15) is 0 Å². The molecule has 11 heavy (non-hydrogen) atoms. The molecular weight excluding hydrogens is 138 g/mol. The third-order valence-corrected chi connectivity index (χ3v) is 1.89. The molecule has 1 aromatic heterocycles. The molecule has 0 saturated carbocycles. The zero-order valence-corrected chi connectivity index (χ0v) is 6.99. The minimum absolute atomic E-state index is 0.00333. The Balaban J connectivity index is 2.84. The van der Waals surface area contributed by atoms with Gasteiger partial charge >= 0.3 is 0 Å². The minimum Gasteiger partial charge on any atom is -0.353 e. The van der Waals surface area contributed by atoms with Gasteiger partial charge in [0, 0.05) is 25.0 Å². The van der Waals surface area contributed by atoms with Crippen molar-refractivity contribution in [3.05, 3.63) is 24.0 Å². The topological polar surface area (TPSA) is 57.0 Å². The normalized spacial score (nSPS) is 16.4. The molecular formula is C8H15N3. The van der Waals surface area contributed by atoms with Crippen molar-refractivity contribution in [1.29, 1.82) is 0 Å². The Hall–Kier alpha value is -0.800. The summed E-state index contributed by atoms with van der Waals surface area (Å²) in [5, 5.41) is 0. The third-order valence-electron chi connectivity index (χ3n) is 1.89. The quantitative estimate of drug-likeness (QED) is 0.645. The number of hydrogen-bond acceptors (Lipinski definition) is 2. The second kappa shape index (κ2) is 3.07. The molecule has 3 heteroatoms. The lowest BCUT2D eigenvalue weighted by Gasteiger charge is -2.16. The van der Waals surface area contributed by atoms with E-state index >= 15 is 0 Å². The highest BCUT2D eigenvalue weighted by molar-refractivity contribution is 5.12. The first-order valence-corrected chi connectivity index (χ1v) is 3.75. The van der Waals surface area contributed by atoms with Gasteiger partial charge in [-0.2, -0.15) is 0 Å². The van der Waals surface area contributed by atoms with Crippen molar-refractivity contribution in [2.75, 3.05) is 0 Å². The molecule has 0 saturated heterocycles. The second-order valence-corrected chi connectivity index (χ2v) is 2.93. The van der Waals surface area contributed by atoms with Gasteiger partial charge in [-0.25, -0.2) is 0 Å². The van der Waals surface area contributed by atoms with Crippen molar-refractivity contribution in [2.45, 2.75) is 19.0 Å². The van der Waals surface area contributed by atoms with Gasteiger partial charge < -0.3 is 16.0 Å². The molecule has 3 nitrogen and oxygen atoms in total. The second-order valence-electron chi connectivity index (χ2n) is 2.93. The number of nitrogens with two attached hydrogens (primary N) is 2. The highest BCUT2D eigenvalue weighted by atomic mass is 15.0. The molecule has 1 aromatic rings. The van der Waals surface area contributed by atoms with Crippen LogP contribution in [0.1, 0.15) is 18.7 Å². The maximum Gasteiger partial charge on any atom is 0.0600 e. The summed E-state index contributed by atoms with van der Waals surface area (Å²) in [5.74, 6) is 0. The first-order valence-electron chi connectivity index (χ1n) is 3.75. The molecule has 1 rings (SSSR count). The molecule has 0 aliphatic rings. The molecule has 0 bridgehead atoms. The van der Waals surface area contributed by atoms with Crippen LogP contribution >= 0.6 is 0 Å². The molecule has 4 N–H and O–H groups in total. The largest absolute Gasteiger partial charge is 0.353 e. The zero-order valence-electron chi connectivity index (χ0n) is 6.99. The Labute approximate surface area is 67.0 Å². The van der Waals surface area contributed by atoms with Crippen molar-refractivity contribution < 1.29 is 0 Å². The predicted octanol–water partition coefficient (Wildman–Crippen LogP) is 0.372. The average Bonchev–Trinajstić information content (AvgIpc) is 2.33. The van der Waals surface area contributed by atoms with Crippen molar-refractivity contribution in [3.63, 3.8) is 0 Å². The molecule has 0 aliphatic heterocycles. The summed E-state index contributed by atoms with van der Waals surface area (Å²) in [6, 6.07) is 3.91. The van der Waals surface area contributed by atoms with E-state index in [2.05, 4.69) is 0 Å². The lowest BCUT2D eigenvalue weighted by Crippen LogP contribution is -2.32. The monoisotopic (exact) mass is 153 g/mol. The highest BCUT2D eigenvalue weighted by Crippen LogP contribution is 2.11. The Morgan fingerprint density at radius 3 is 2.45 bits per heavy atom. The number of aryl methyl sites for hydroxylation is 1. The van der Waals surface area contributed by atoms with Gasteiger partial charge in [-0.1, -0.05) is 0 Å². The fraction of sp³-hybridized carbons (Fsp3) is 0.500. The Bertz CT molecular complexity index is 227. The number of aromatic nitrogens is 1. The summed E-state index contributed by atoms with van der Waals surface area (Å²) in [7, 11) is 1.97. The maximum atomic E-state index is 5.84. The van der Waals surface area contributed by atoms with Crippen molar-refractivity contribution in [1.82, 2.24) is 4.57 Å². The molecule has 2 unspecified atom stereocenters. The number of rotatable bonds is 2. The van der Waals surface area contributed by atoms with E-state index in [9.17, 15) is 0 Å². The zero-order chi connectivity index (χ0) is 8.43. The summed E-state index contributed by atoms with van der Waals surface area (Å²) in [6.07, 6.45) is 1.97. The van der Waals surface area contributed by atoms with Gasteiger partial charge in [0.25, 0.3) is 0 Å². The molecule has 0 fully saturated rings. The molecule has 2 atom stereocenters. The fourth-order valence-electron chi connectivity index (χ4n) is 1.09. The minimum atomic E-state index is -0.0602. The van der Waals surface area contributed by atoms with Crippen molar-refractivity contribution in [3.8, 4) is 0 Å². The predicted molar refractivity (Wildman–Crippen MR) is 46.0 cm³/mol. The maximum absolute atomic E-state index is 5.84. The van der Waals surface area contributed by atoms with Gasteiger partial charge in [0.2, 0.25) is 0 Å². The van der Waals surface area contributed by atoms with E-state index in [-0.39, 0.29) is 12.1 Å². The van der Waals surface area contributed by atoms with E-state index in [0.29, 0.717) is 0 Å². The molecule has 0 radical (unpaired) electrons. The summed E-state index contributed by atoms with van der Waals surface area (Å²) in [5.41, 5.74) is 12.6. The summed E-state index contributed by atoms with van der Waals surface area (Å²) in [6.45, 7) is 1.91. The Kier molecular flexibility index (Phi) is 2.31. The summed E-state index contributed by atoms with van der Waals surface area (Å²) in [4.78, 5) is 0. The lowest BCUT2D eigenvalue weighted by atomic mass is 10.1. The van der Waals surface area contributed by atoms with Crippen LogP contribution in [0.25, 0.3) is 0 Å². The molecule has 1 heterocycles. The number of hydrogen-bond donors (Lipinski definition) is 2. The lowest BCUT2D eigenvalue weighted by molar-refractivity contribution is 0.556. The molecule has 0 aliphatic carbocycles. The van der Waals surface area contributed by atoms with Gasteiger partial charge in [0.15, 0.2) is 0 Å². The van der Waals surface area contributed by atoms with Crippen LogP contribution in [0.2, 0.25) is 0 Å². The van der Waals surface area contributed by atoms with E-state index in [1.807, 2.05) is 36.9 Å². The third kappa shape index (κ3) is 1.61. The van der Waals surface area contributed by atoms with Gasteiger partial charge in [0.05, 0.1) is 6.04 Å². The first-order chi connectivity index (χ1) is 5.13. The van der Waals surface area contributed by atoms with Crippen LogP contribution in [0.3, 0.4) is 0 Å². The standard InChI is InChI=1S/C8H15N3/c1-6(9)8(10)7-4-3-5-11(7)2/h3-6,8H,9-10H2,1-2H3. The molecule has 0 aromatic carbocycles. The van der Waals surface area contributed by atoms with E-state index in [1.165, 1.54) is 0 Å². The first kappa shape index (κ1) is 8.30. The summed E-state index contributed by atoms with van der Waals surface area (Å²) >= 11 is 0. The molecule has 0 spiro atoms. The van der Waals surface area contributed by atoms with Crippen LogP contribution in [-0.2, 0) is 7.05 Å². The Morgan fingerprint density at radius 1 is 1.45 bits per heavy atom. The van der Waals surface area contributed by atoms with Crippen LogP contribution in [-0.4, -0.2) is 10.6 Å². The molecule has 62 valence electrons. The van der Waals surface area contributed by atoms with E-state index in [4.69, 9.17) is 11.5 Å². The smallest absolute Gasteiger partial charge is 0.0600 e. The van der Waals surface area contributed by atoms with Crippen LogP contribution in [0, 0.1) is 0 Å². The van der Waals surface area contributed by atoms with Crippen molar-refractivity contribution in [2.24, 2.45) is 18.5 Å². The summed E-state index contributed by atoms with van der Waals surface area (Å²) < 4.78 is 1.99.